The molecule has 1 N–H and O–H groups in total. The molecule has 9 nitrogen and oxygen atoms in total. The number of carbonyl (C=O) groups is 1. The summed E-state index contributed by atoms with van der Waals surface area (Å²) in [6.45, 7) is 3.17. The van der Waals surface area contributed by atoms with E-state index in [9.17, 15) is 23.7 Å². The Hall–Kier alpha value is -3.63. The number of amides is 1. The van der Waals surface area contributed by atoms with Gasteiger partial charge in [0.2, 0.25) is 11.6 Å². The lowest BCUT2D eigenvalue weighted by Gasteiger charge is -2.05. The van der Waals surface area contributed by atoms with Crippen molar-refractivity contribution < 1.29 is 18.5 Å². The van der Waals surface area contributed by atoms with Crippen molar-refractivity contribution in [3.8, 4) is 0 Å². The van der Waals surface area contributed by atoms with Gasteiger partial charge in [0, 0.05) is 11.8 Å². The Labute approximate surface area is 164 Å². The fourth-order valence-corrected chi connectivity index (χ4v) is 2.89. The molecule has 0 spiro atoms. The van der Waals surface area contributed by atoms with E-state index < -0.39 is 35.2 Å². The minimum Gasteiger partial charge on any atom is -0.308 e. The van der Waals surface area contributed by atoms with E-state index >= 15 is 0 Å². The topological polar surface area (TPSA) is 108 Å². The van der Waals surface area contributed by atoms with Crippen LogP contribution in [0.15, 0.2) is 36.4 Å². The predicted octanol–water partition coefficient (Wildman–Crippen LogP) is 3.23. The highest BCUT2D eigenvalue weighted by molar-refractivity contribution is 5.89. The maximum atomic E-state index is 13.0. The summed E-state index contributed by atoms with van der Waals surface area (Å²) < 4.78 is 28.6. The lowest BCUT2D eigenvalue weighted by molar-refractivity contribution is -0.386. The smallest absolute Gasteiger partial charge is 0.308 e. The summed E-state index contributed by atoms with van der Waals surface area (Å²) in [6.07, 6.45) is -3.12. The second-order valence-corrected chi connectivity index (χ2v) is 6.40. The zero-order valence-corrected chi connectivity index (χ0v) is 15.7. The zero-order valence-electron chi connectivity index (χ0n) is 15.7. The molecule has 0 unspecified atom stereocenters. The van der Waals surface area contributed by atoms with Gasteiger partial charge in [0.25, 0.3) is 6.43 Å². The minimum atomic E-state index is -3.12. The molecule has 0 saturated heterocycles. The standard InChI is InChI=1S/C18H18F2N6O3/c1-11-8-14(22-24(11)9-13-6-4-3-5-7-13)21-15(27)10-25-12(2)17(26(28)29)16(23-25)18(19)20/h3-8,18H,9-10H2,1-2H3,(H,21,22,27). The molecule has 3 aromatic rings. The first-order valence-corrected chi connectivity index (χ1v) is 8.64. The van der Waals surface area contributed by atoms with Gasteiger partial charge in [0.05, 0.1) is 11.5 Å². The first-order valence-electron chi connectivity index (χ1n) is 8.64. The summed E-state index contributed by atoms with van der Waals surface area (Å²) in [4.78, 5) is 22.4. The molecule has 0 aliphatic heterocycles. The Kier molecular flexibility index (Phi) is 5.66. The second kappa shape index (κ2) is 8.17. The number of nitrogens with one attached hydrogen (secondary N) is 1. The van der Waals surface area contributed by atoms with Gasteiger partial charge in [-0.05, 0) is 19.4 Å². The van der Waals surface area contributed by atoms with Crippen molar-refractivity contribution in [1.82, 2.24) is 19.6 Å². The number of carbonyl (C=O) groups excluding carboxylic acids is 1. The fraction of sp³-hybridized carbons (Fsp3) is 0.278. The molecule has 3 rings (SSSR count). The van der Waals surface area contributed by atoms with E-state index in [1.807, 2.05) is 37.3 Å². The van der Waals surface area contributed by atoms with Crippen molar-refractivity contribution >= 4 is 17.4 Å². The normalized spacial score (nSPS) is 11.1. The van der Waals surface area contributed by atoms with Crippen LogP contribution >= 0.6 is 0 Å². The van der Waals surface area contributed by atoms with Gasteiger partial charge in [-0.25, -0.2) is 8.78 Å². The maximum Gasteiger partial charge on any atom is 0.319 e. The lowest BCUT2D eigenvalue weighted by atomic mass is 10.2. The third kappa shape index (κ3) is 4.45. The molecular weight excluding hydrogens is 386 g/mol. The Bertz CT molecular complexity index is 1050. The number of aromatic nitrogens is 4. The van der Waals surface area contributed by atoms with E-state index in [0.29, 0.717) is 6.54 Å². The highest BCUT2D eigenvalue weighted by Crippen LogP contribution is 2.30. The Morgan fingerprint density at radius 2 is 1.90 bits per heavy atom. The summed E-state index contributed by atoms with van der Waals surface area (Å²) in [5.41, 5.74) is -0.00377. The summed E-state index contributed by atoms with van der Waals surface area (Å²) in [5.74, 6) is -0.299. The van der Waals surface area contributed by atoms with Gasteiger partial charge in [-0.2, -0.15) is 10.2 Å². The molecule has 0 aliphatic carbocycles. The Morgan fingerprint density at radius 3 is 2.48 bits per heavy atom. The highest BCUT2D eigenvalue weighted by Gasteiger charge is 2.31. The van der Waals surface area contributed by atoms with Crippen molar-refractivity contribution in [3.63, 3.8) is 0 Å². The number of hydrogen-bond donors (Lipinski definition) is 1. The molecule has 0 aliphatic rings. The fourth-order valence-electron chi connectivity index (χ4n) is 2.89. The van der Waals surface area contributed by atoms with Crippen molar-refractivity contribution in [3.05, 3.63) is 69.2 Å². The monoisotopic (exact) mass is 404 g/mol. The van der Waals surface area contributed by atoms with E-state index in [2.05, 4.69) is 15.5 Å². The van der Waals surface area contributed by atoms with E-state index in [1.54, 1.807) is 10.7 Å². The molecular formula is C18H18F2N6O3. The van der Waals surface area contributed by atoms with E-state index in [-0.39, 0.29) is 11.5 Å². The summed E-state index contributed by atoms with van der Waals surface area (Å²) in [6, 6.07) is 11.3. The third-order valence-electron chi connectivity index (χ3n) is 4.31. The van der Waals surface area contributed by atoms with Crippen LogP contribution in [0.5, 0.6) is 0 Å². The minimum absolute atomic E-state index is 0.119. The van der Waals surface area contributed by atoms with Gasteiger partial charge in [-0.15, -0.1) is 0 Å². The molecule has 11 heteroatoms. The first kappa shape index (κ1) is 20.1. The number of nitrogens with zero attached hydrogens (tertiary/aromatic N) is 5. The van der Waals surface area contributed by atoms with Crippen LogP contribution < -0.4 is 5.32 Å². The van der Waals surface area contributed by atoms with Crippen molar-refractivity contribution in [2.45, 2.75) is 33.4 Å². The second-order valence-electron chi connectivity index (χ2n) is 6.40. The van der Waals surface area contributed by atoms with E-state index in [1.165, 1.54) is 6.92 Å². The number of hydrogen-bond acceptors (Lipinski definition) is 5. The van der Waals surface area contributed by atoms with Crippen LogP contribution in [0, 0.1) is 24.0 Å². The molecule has 0 saturated carbocycles. The van der Waals surface area contributed by atoms with Gasteiger partial charge < -0.3 is 5.32 Å². The predicted molar refractivity (Wildman–Crippen MR) is 99.7 cm³/mol. The third-order valence-corrected chi connectivity index (χ3v) is 4.31. The average molecular weight is 404 g/mol. The van der Waals surface area contributed by atoms with Crippen LogP contribution in [0.3, 0.4) is 0 Å². The quantitative estimate of drug-likeness (QED) is 0.480. The average Bonchev–Trinajstić information content (AvgIpc) is 3.16. The summed E-state index contributed by atoms with van der Waals surface area (Å²) in [5, 5.41) is 21.4. The van der Waals surface area contributed by atoms with Crippen molar-refractivity contribution in [2.24, 2.45) is 0 Å². The van der Waals surface area contributed by atoms with Gasteiger partial charge in [-0.1, -0.05) is 30.3 Å². The van der Waals surface area contributed by atoms with Crippen LogP contribution in [0.2, 0.25) is 0 Å². The zero-order chi connectivity index (χ0) is 21.1. The Morgan fingerprint density at radius 1 is 1.21 bits per heavy atom. The molecule has 0 radical (unpaired) electrons. The number of nitro groups is 1. The number of rotatable bonds is 7. The number of aryl methyl sites for hydroxylation is 1. The molecule has 29 heavy (non-hydrogen) atoms. The van der Waals surface area contributed by atoms with Gasteiger partial charge in [-0.3, -0.25) is 24.3 Å². The molecule has 152 valence electrons. The molecule has 1 amide bonds. The van der Waals surface area contributed by atoms with Crippen molar-refractivity contribution in [2.75, 3.05) is 5.32 Å². The van der Waals surface area contributed by atoms with Crippen LogP contribution in [0.1, 0.15) is 29.1 Å². The highest BCUT2D eigenvalue weighted by atomic mass is 19.3. The Balaban J connectivity index is 1.73. The van der Waals surface area contributed by atoms with Crippen LogP contribution in [-0.4, -0.2) is 30.4 Å². The van der Waals surface area contributed by atoms with Crippen LogP contribution in [-0.2, 0) is 17.9 Å². The molecule has 0 bridgehead atoms. The van der Waals surface area contributed by atoms with Crippen molar-refractivity contribution in [1.29, 1.82) is 0 Å². The van der Waals surface area contributed by atoms with Crippen LogP contribution in [0.25, 0.3) is 0 Å². The molecule has 1 aromatic carbocycles. The first-order chi connectivity index (χ1) is 13.8. The van der Waals surface area contributed by atoms with Gasteiger partial charge in [0.1, 0.15) is 12.2 Å². The lowest BCUT2D eigenvalue weighted by Crippen LogP contribution is -2.21. The SMILES string of the molecule is Cc1cc(NC(=O)Cn2nc(C(F)F)c([N+](=O)[O-])c2C)nn1Cc1ccccc1. The molecule has 2 aromatic heterocycles. The molecule has 2 heterocycles. The van der Waals surface area contributed by atoms with Gasteiger partial charge >= 0.3 is 5.69 Å². The van der Waals surface area contributed by atoms with Crippen LogP contribution in [0.4, 0.5) is 20.3 Å². The summed E-state index contributed by atoms with van der Waals surface area (Å²) in [7, 11) is 0. The summed E-state index contributed by atoms with van der Waals surface area (Å²) >= 11 is 0. The number of alkyl halides is 2. The van der Waals surface area contributed by atoms with E-state index in [4.69, 9.17) is 0 Å². The number of anilines is 1. The number of halogens is 2. The number of benzene rings is 1. The molecule has 0 atom stereocenters. The van der Waals surface area contributed by atoms with Gasteiger partial charge in [0.15, 0.2) is 5.82 Å². The molecule has 0 fully saturated rings. The van der Waals surface area contributed by atoms with E-state index in [0.717, 1.165) is 15.9 Å². The largest absolute Gasteiger partial charge is 0.319 e. The maximum absolute atomic E-state index is 13.0.